The van der Waals surface area contributed by atoms with Crippen molar-refractivity contribution in [2.75, 3.05) is 39.5 Å². The minimum absolute atomic E-state index is 0.00711. The number of esters is 1. The number of carbonyl (C=O) groups excluding carboxylic acids is 1. The number of carbonyl (C=O) groups is 1. The molecule has 1 aliphatic heterocycles. The third kappa shape index (κ3) is 5.37. The highest BCUT2D eigenvalue weighted by atomic mass is 79.9. The van der Waals surface area contributed by atoms with Crippen LogP contribution in [-0.4, -0.2) is 58.2 Å². The largest absolute Gasteiger partial charge is 0.490 e. The summed E-state index contributed by atoms with van der Waals surface area (Å²) in [5, 5.41) is 8.78. The van der Waals surface area contributed by atoms with E-state index in [0.29, 0.717) is 29.0 Å². The van der Waals surface area contributed by atoms with Crippen molar-refractivity contribution >= 4 is 31.9 Å². The Labute approximate surface area is 183 Å². The molecule has 0 saturated carbocycles. The summed E-state index contributed by atoms with van der Waals surface area (Å²) < 4.78 is 43.3. The molecule has 0 amide bonds. The van der Waals surface area contributed by atoms with Gasteiger partial charge in [-0.2, -0.15) is 9.57 Å². The first-order chi connectivity index (χ1) is 14.4. The van der Waals surface area contributed by atoms with Gasteiger partial charge < -0.3 is 14.2 Å². The summed E-state index contributed by atoms with van der Waals surface area (Å²) in [4.78, 5) is 12.4. The number of hydrogen-bond acceptors (Lipinski definition) is 7. The van der Waals surface area contributed by atoms with E-state index in [1.54, 1.807) is 24.3 Å². The van der Waals surface area contributed by atoms with Gasteiger partial charge in [-0.3, -0.25) is 0 Å². The SMILES string of the molecule is N#Cc1ccc(OCCOC(=O)c2ccc(Br)c(S(=O)(=O)N3CCOCC3)c2)cc1. The van der Waals surface area contributed by atoms with Crippen LogP contribution in [0.2, 0.25) is 0 Å². The van der Waals surface area contributed by atoms with E-state index in [4.69, 9.17) is 19.5 Å². The normalized spacial score (nSPS) is 14.7. The molecular formula is C20H19BrN2O6S. The van der Waals surface area contributed by atoms with E-state index >= 15 is 0 Å². The van der Waals surface area contributed by atoms with Crippen LogP contribution in [0, 0.1) is 11.3 Å². The minimum atomic E-state index is -3.76. The van der Waals surface area contributed by atoms with E-state index in [2.05, 4.69) is 15.9 Å². The van der Waals surface area contributed by atoms with E-state index in [-0.39, 0.29) is 36.8 Å². The molecular weight excluding hydrogens is 476 g/mol. The Morgan fingerprint density at radius 3 is 2.50 bits per heavy atom. The zero-order valence-corrected chi connectivity index (χ0v) is 18.3. The van der Waals surface area contributed by atoms with Gasteiger partial charge in [0.15, 0.2) is 0 Å². The first kappa shape index (κ1) is 22.2. The number of nitriles is 1. The van der Waals surface area contributed by atoms with E-state index < -0.39 is 16.0 Å². The van der Waals surface area contributed by atoms with Crippen molar-refractivity contribution in [2.45, 2.75) is 4.90 Å². The van der Waals surface area contributed by atoms with Gasteiger partial charge in [0, 0.05) is 17.6 Å². The molecule has 0 aromatic heterocycles. The van der Waals surface area contributed by atoms with Gasteiger partial charge in [-0.25, -0.2) is 13.2 Å². The number of hydrogen-bond donors (Lipinski definition) is 0. The van der Waals surface area contributed by atoms with Crippen molar-refractivity contribution in [2.24, 2.45) is 0 Å². The number of morpholine rings is 1. The zero-order valence-electron chi connectivity index (χ0n) is 15.9. The summed E-state index contributed by atoms with van der Waals surface area (Å²) in [6.07, 6.45) is 0. The molecule has 2 aromatic rings. The lowest BCUT2D eigenvalue weighted by Crippen LogP contribution is -2.40. The molecule has 0 radical (unpaired) electrons. The summed E-state index contributed by atoms with van der Waals surface area (Å²) in [5.74, 6) is -0.100. The Hall–Kier alpha value is -2.45. The van der Waals surface area contributed by atoms with Crippen molar-refractivity contribution in [1.82, 2.24) is 4.31 Å². The fourth-order valence-electron chi connectivity index (χ4n) is 2.76. The lowest BCUT2D eigenvalue weighted by molar-refractivity contribution is 0.0450. The van der Waals surface area contributed by atoms with Gasteiger partial charge in [-0.15, -0.1) is 0 Å². The molecule has 10 heteroatoms. The highest BCUT2D eigenvalue weighted by molar-refractivity contribution is 9.10. The number of rotatable bonds is 7. The lowest BCUT2D eigenvalue weighted by atomic mass is 10.2. The van der Waals surface area contributed by atoms with Crippen molar-refractivity contribution in [3.63, 3.8) is 0 Å². The second-order valence-corrected chi connectivity index (χ2v) is 9.04. The molecule has 3 rings (SSSR count). The maximum atomic E-state index is 12.9. The predicted molar refractivity (Wildman–Crippen MR) is 111 cm³/mol. The predicted octanol–water partition coefficient (Wildman–Crippen LogP) is 2.58. The van der Waals surface area contributed by atoms with Gasteiger partial charge in [0.1, 0.15) is 19.0 Å². The molecule has 0 aliphatic carbocycles. The molecule has 1 fully saturated rings. The number of nitrogens with zero attached hydrogens (tertiary/aromatic N) is 2. The van der Waals surface area contributed by atoms with Gasteiger partial charge in [0.25, 0.3) is 0 Å². The molecule has 1 heterocycles. The third-order valence-electron chi connectivity index (χ3n) is 4.32. The van der Waals surface area contributed by atoms with Gasteiger partial charge in [-0.05, 0) is 58.4 Å². The average Bonchev–Trinajstić information content (AvgIpc) is 2.77. The van der Waals surface area contributed by atoms with Crippen molar-refractivity contribution in [1.29, 1.82) is 5.26 Å². The van der Waals surface area contributed by atoms with Crippen LogP contribution in [0.15, 0.2) is 51.8 Å². The average molecular weight is 495 g/mol. The van der Waals surface area contributed by atoms with Gasteiger partial charge >= 0.3 is 5.97 Å². The van der Waals surface area contributed by atoms with Crippen LogP contribution in [0.4, 0.5) is 0 Å². The van der Waals surface area contributed by atoms with Crippen molar-refractivity contribution in [3.05, 3.63) is 58.1 Å². The Balaban J connectivity index is 1.60. The summed E-state index contributed by atoms with van der Waals surface area (Å²) >= 11 is 3.25. The monoisotopic (exact) mass is 494 g/mol. The van der Waals surface area contributed by atoms with Crippen LogP contribution in [0.3, 0.4) is 0 Å². The van der Waals surface area contributed by atoms with Crippen molar-refractivity contribution < 1.29 is 27.4 Å². The third-order valence-corrected chi connectivity index (χ3v) is 7.22. The molecule has 1 saturated heterocycles. The molecule has 0 N–H and O–H groups in total. The second-order valence-electron chi connectivity index (χ2n) is 6.28. The summed E-state index contributed by atoms with van der Waals surface area (Å²) in [6, 6.07) is 12.9. The maximum Gasteiger partial charge on any atom is 0.338 e. The molecule has 0 spiro atoms. The van der Waals surface area contributed by atoms with E-state index in [1.165, 1.54) is 22.5 Å². The Kier molecular flexibility index (Phi) is 7.44. The first-order valence-electron chi connectivity index (χ1n) is 9.09. The Bertz CT molecular complexity index is 1040. The van der Waals surface area contributed by atoms with E-state index in [0.717, 1.165) is 0 Å². The van der Waals surface area contributed by atoms with Crippen LogP contribution in [0.1, 0.15) is 15.9 Å². The smallest absolute Gasteiger partial charge is 0.338 e. The minimum Gasteiger partial charge on any atom is -0.490 e. The van der Waals surface area contributed by atoms with Crippen LogP contribution < -0.4 is 4.74 Å². The number of benzene rings is 2. The second kappa shape index (κ2) is 10.0. The summed E-state index contributed by atoms with van der Waals surface area (Å²) in [6.45, 7) is 1.29. The van der Waals surface area contributed by atoms with Crippen molar-refractivity contribution in [3.8, 4) is 11.8 Å². The maximum absolute atomic E-state index is 12.9. The molecule has 8 nitrogen and oxygen atoms in total. The van der Waals surface area contributed by atoms with Gasteiger partial charge in [0.2, 0.25) is 10.0 Å². The molecule has 2 aromatic carbocycles. The Morgan fingerprint density at radius 2 is 1.83 bits per heavy atom. The van der Waals surface area contributed by atoms with E-state index in [1.807, 2.05) is 6.07 Å². The van der Waals surface area contributed by atoms with Crippen LogP contribution in [0.5, 0.6) is 5.75 Å². The summed E-state index contributed by atoms with van der Waals surface area (Å²) in [5.41, 5.74) is 0.648. The van der Waals surface area contributed by atoms with Crippen LogP contribution in [0.25, 0.3) is 0 Å². The van der Waals surface area contributed by atoms with Crippen LogP contribution >= 0.6 is 15.9 Å². The van der Waals surface area contributed by atoms with E-state index in [9.17, 15) is 13.2 Å². The molecule has 30 heavy (non-hydrogen) atoms. The van der Waals surface area contributed by atoms with Gasteiger partial charge in [0.05, 0.1) is 35.3 Å². The molecule has 0 unspecified atom stereocenters. The molecule has 0 atom stereocenters. The topological polar surface area (TPSA) is 106 Å². The quantitative estimate of drug-likeness (QED) is 0.430. The molecule has 1 aliphatic rings. The molecule has 0 bridgehead atoms. The summed E-state index contributed by atoms with van der Waals surface area (Å²) in [7, 11) is -3.76. The zero-order chi connectivity index (χ0) is 21.6. The first-order valence-corrected chi connectivity index (χ1v) is 11.3. The number of sulfonamides is 1. The molecule has 158 valence electrons. The highest BCUT2D eigenvalue weighted by Crippen LogP contribution is 2.27. The van der Waals surface area contributed by atoms with Gasteiger partial charge in [-0.1, -0.05) is 0 Å². The number of ether oxygens (including phenoxy) is 3. The fourth-order valence-corrected chi connectivity index (χ4v) is 5.12. The van der Waals surface area contributed by atoms with Crippen LogP contribution in [-0.2, 0) is 19.5 Å². The number of halogens is 1. The standard InChI is InChI=1S/C20H19BrN2O6S/c21-18-6-3-16(13-19(18)30(25,26)23-7-9-27-10-8-23)20(24)29-12-11-28-17-4-1-15(14-22)2-5-17/h1-6,13H,7-12H2. The lowest BCUT2D eigenvalue weighted by Gasteiger charge is -2.26. The fraction of sp³-hybridized carbons (Fsp3) is 0.300. The Morgan fingerprint density at radius 1 is 1.13 bits per heavy atom. The highest BCUT2D eigenvalue weighted by Gasteiger charge is 2.29.